The highest BCUT2D eigenvalue weighted by Crippen LogP contribution is 2.16. The summed E-state index contributed by atoms with van der Waals surface area (Å²) >= 11 is 0. The summed E-state index contributed by atoms with van der Waals surface area (Å²) in [7, 11) is 0. The lowest BCUT2D eigenvalue weighted by molar-refractivity contribution is 0.304. The summed E-state index contributed by atoms with van der Waals surface area (Å²) in [6.07, 6.45) is 22.8. The average molecular weight is 489 g/mol. The fourth-order valence-corrected chi connectivity index (χ4v) is 4.49. The summed E-state index contributed by atoms with van der Waals surface area (Å²) in [5.74, 6) is 0.892. The fourth-order valence-electron chi connectivity index (χ4n) is 4.49. The highest BCUT2D eigenvalue weighted by Gasteiger charge is 2.01. The highest BCUT2D eigenvalue weighted by molar-refractivity contribution is 5.76. The maximum absolute atomic E-state index is 12.2. The Morgan fingerprint density at radius 1 is 0.722 bits per heavy atom. The van der Waals surface area contributed by atoms with Crippen LogP contribution < -0.4 is 10.3 Å². The van der Waals surface area contributed by atoms with Crippen molar-refractivity contribution in [3.8, 4) is 5.75 Å². The molecule has 1 aromatic heterocycles. The number of hydrogen-bond acceptors (Lipinski definition) is 3. The van der Waals surface area contributed by atoms with Gasteiger partial charge in [-0.1, -0.05) is 121 Å². The quantitative estimate of drug-likeness (QED) is 0.182. The number of aromatic nitrogens is 2. The fraction of sp³-hybridized carbons (Fsp3) is 0.500. The van der Waals surface area contributed by atoms with E-state index in [0.717, 1.165) is 35.4 Å². The van der Waals surface area contributed by atoms with Gasteiger partial charge in [0, 0.05) is 0 Å². The summed E-state index contributed by atoms with van der Waals surface area (Å²) < 4.78 is 5.91. The molecule has 0 atom stereocenters. The van der Waals surface area contributed by atoms with Crippen molar-refractivity contribution >= 4 is 23.2 Å². The Labute approximate surface area is 217 Å². The van der Waals surface area contributed by atoms with Crippen LogP contribution in [0.3, 0.4) is 0 Å². The third kappa shape index (κ3) is 10.4. The van der Waals surface area contributed by atoms with Crippen LogP contribution >= 0.6 is 0 Å². The Kier molecular flexibility index (Phi) is 12.9. The van der Waals surface area contributed by atoms with Crippen molar-refractivity contribution in [2.45, 2.75) is 96.8 Å². The van der Waals surface area contributed by atoms with Crippen molar-refractivity contribution < 1.29 is 4.74 Å². The Morgan fingerprint density at radius 2 is 1.31 bits per heavy atom. The second kappa shape index (κ2) is 16.7. The zero-order chi connectivity index (χ0) is 25.3. The van der Waals surface area contributed by atoms with E-state index < -0.39 is 0 Å². The molecule has 4 nitrogen and oxygen atoms in total. The molecule has 3 aromatic rings. The summed E-state index contributed by atoms with van der Waals surface area (Å²) in [5, 5.41) is 0. The summed E-state index contributed by atoms with van der Waals surface area (Å²) in [4.78, 5) is 19.6. The molecule has 0 saturated carbocycles. The first-order valence-electron chi connectivity index (χ1n) is 14.2. The molecule has 0 amide bonds. The number of nitrogens with one attached hydrogen (secondary N) is 1. The molecule has 0 aliphatic carbocycles. The second-order valence-electron chi connectivity index (χ2n) is 9.82. The Bertz CT molecular complexity index is 1090. The number of ether oxygens (including phenoxy) is 1. The lowest BCUT2D eigenvalue weighted by Gasteiger charge is -2.07. The first-order chi connectivity index (χ1) is 17.8. The van der Waals surface area contributed by atoms with Crippen LogP contribution in [0.5, 0.6) is 5.75 Å². The van der Waals surface area contributed by atoms with Gasteiger partial charge in [0.2, 0.25) is 0 Å². The van der Waals surface area contributed by atoms with E-state index in [1.54, 1.807) is 6.08 Å². The number of unbranched alkanes of at least 4 members (excludes halogenated alkanes) is 13. The molecule has 4 heteroatoms. The topological polar surface area (TPSA) is 55.0 Å². The molecule has 0 aliphatic heterocycles. The van der Waals surface area contributed by atoms with Crippen molar-refractivity contribution in [2.75, 3.05) is 6.61 Å². The van der Waals surface area contributed by atoms with Crippen LogP contribution in [0, 0.1) is 0 Å². The molecule has 0 bridgehead atoms. The SMILES string of the molecule is CCCCCCCCCCCCCCCCOc1ccc(/C=C/c2nc3ccccc3[nH]c2=O)cc1. The van der Waals surface area contributed by atoms with Crippen molar-refractivity contribution in [2.24, 2.45) is 0 Å². The van der Waals surface area contributed by atoms with Gasteiger partial charge in [0.1, 0.15) is 11.4 Å². The number of hydrogen-bond donors (Lipinski definition) is 1. The van der Waals surface area contributed by atoms with Crippen LogP contribution in [0.1, 0.15) is 108 Å². The molecule has 3 rings (SSSR count). The van der Waals surface area contributed by atoms with Gasteiger partial charge in [-0.25, -0.2) is 4.98 Å². The van der Waals surface area contributed by atoms with Crippen molar-refractivity contribution in [1.29, 1.82) is 0 Å². The minimum absolute atomic E-state index is 0.182. The number of benzene rings is 2. The van der Waals surface area contributed by atoms with Gasteiger partial charge in [0.25, 0.3) is 5.56 Å². The van der Waals surface area contributed by atoms with Crippen LogP contribution in [0.15, 0.2) is 53.3 Å². The van der Waals surface area contributed by atoms with Crippen LogP contribution in [0.4, 0.5) is 0 Å². The number of rotatable bonds is 18. The molecule has 1 heterocycles. The van der Waals surface area contributed by atoms with Crippen molar-refractivity contribution in [3.63, 3.8) is 0 Å². The summed E-state index contributed by atoms with van der Waals surface area (Å²) in [5.41, 5.74) is 2.77. The predicted molar refractivity (Wildman–Crippen MR) is 154 cm³/mol. The van der Waals surface area contributed by atoms with E-state index in [-0.39, 0.29) is 5.56 Å². The van der Waals surface area contributed by atoms with Crippen LogP contribution in [-0.4, -0.2) is 16.6 Å². The van der Waals surface area contributed by atoms with Gasteiger partial charge in [-0.3, -0.25) is 4.79 Å². The van der Waals surface area contributed by atoms with Crippen LogP contribution in [0.25, 0.3) is 23.2 Å². The van der Waals surface area contributed by atoms with Gasteiger partial charge in [0.15, 0.2) is 0 Å². The number of nitrogens with zero attached hydrogens (tertiary/aromatic N) is 1. The van der Waals surface area contributed by atoms with Crippen LogP contribution in [-0.2, 0) is 0 Å². The number of H-pyrrole nitrogens is 1. The minimum Gasteiger partial charge on any atom is -0.494 e. The molecule has 2 aromatic carbocycles. The smallest absolute Gasteiger partial charge is 0.274 e. The zero-order valence-corrected chi connectivity index (χ0v) is 22.1. The molecule has 0 unspecified atom stereocenters. The average Bonchev–Trinajstić information content (AvgIpc) is 2.90. The van der Waals surface area contributed by atoms with E-state index in [9.17, 15) is 4.79 Å². The molecular formula is C32H44N2O2. The van der Waals surface area contributed by atoms with Gasteiger partial charge >= 0.3 is 0 Å². The summed E-state index contributed by atoms with van der Waals surface area (Å²) in [6, 6.07) is 15.5. The molecular weight excluding hydrogens is 444 g/mol. The van der Waals surface area contributed by atoms with Crippen molar-refractivity contribution in [3.05, 3.63) is 70.1 Å². The first kappa shape index (κ1) is 27.7. The van der Waals surface area contributed by atoms with E-state index >= 15 is 0 Å². The molecule has 0 aliphatic rings. The van der Waals surface area contributed by atoms with Crippen LogP contribution in [0.2, 0.25) is 0 Å². The van der Waals surface area contributed by atoms with E-state index in [0.29, 0.717) is 5.69 Å². The van der Waals surface area contributed by atoms with Gasteiger partial charge in [-0.05, 0) is 42.3 Å². The molecule has 0 spiro atoms. The van der Waals surface area contributed by atoms with E-state index in [1.807, 2.05) is 54.6 Å². The largest absolute Gasteiger partial charge is 0.494 e. The third-order valence-corrected chi connectivity index (χ3v) is 6.71. The van der Waals surface area contributed by atoms with E-state index in [2.05, 4.69) is 16.9 Å². The maximum Gasteiger partial charge on any atom is 0.274 e. The molecule has 0 fully saturated rings. The van der Waals surface area contributed by atoms with Gasteiger partial charge in [0.05, 0.1) is 17.6 Å². The molecule has 36 heavy (non-hydrogen) atoms. The van der Waals surface area contributed by atoms with Gasteiger partial charge < -0.3 is 9.72 Å². The zero-order valence-electron chi connectivity index (χ0n) is 22.1. The monoisotopic (exact) mass is 488 g/mol. The standard InChI is InChI=1S/C32H44N2O2/c1-2-3-4-5-6-7-8-9-10-11-12-13-14-17-26-36-28-23-20-27(21-24-28)22-25-31-32(35)34-30-19-16-15-18-29(30)33-31/h15-16,18-25H,2-14,17,26H2,1H3,(H,34,35)/b25-22+. The highest BCUT2D eigenvalue weighted by atomic mass is 16.5. The molecule has 1 N–H and O–H groups in total. The third-order valence-electron chi connectivity index (χ3n) is 6.71. The van der Waals surface area contributed by atoms with E-state index in [4.69, 9.17) is 4.74 Å². The lowest BCUT2D eigenvalue weighted by Crippen LogP contribution is -2.11. The Morgan fingerprint density at radius 3 is 1.94 bits per heavy atom. The Balaban J connectivity index is 1.23. The maximum atomic E-state index is 12.2. The second-order valence-corrected chi connectivity index (χ2v) is 9.82. The summed E-state index contributed by atoms with van der Waals surface area (Å²) in [6.45, 7) is 3.05. The molecule has 0 radical (unpaired) electrons. The lowest BCUT2D eigenvalue weighted by atomic mass is 10.0. The number of fused-ring (bicyclic) bond motifs is 1. The normalized spacial score (nSPS) is 11.5. The van der Waals surface area contributed by atoms with Gasteiger partial charge in [-0.2, -0.15) is 0 Å². The predicted octanol–water partition coefficient (Wildman–Crippen LogP) is 8.95. The minimum atomic E-state index is -0.182. The number of para-hydroxylation sites is 2. The van der Waals surface area contributed by atoms with Crippen molar-refractivity contribution in [1.82, 2.24) is 9.97 Å². The van der Waals surface area contributed by atoms with E-state index in [1.165, 1.54) is 83.5 Å². The molecule has 0 saturated heterocycles. The Hall–Kier alpha value is -2.88. The molecule has 194 valence electrons. The van der Waals surface area contributed by atoms with Gasteiger partial charge in [-0.15, -0.1) is 0 Å². The number of aromatic amines is 1. The first-order valence-corrected chi connectivity index (χ1v) is 14.2.